The summed E-state index contributed by atoms with van der Waals surface area (Å²) < 4.78 is 30.4. The number of aromatic nitrogens is 4. The molecule has 0 saturated heterocycles. The van der Waals surface area contributed by atoms with Crippen LogP contribution in [0.15, 0.2) is 30.6 Å². The number of halogens is 2. The van der Waals surface area contributed by atoms with E-state index in [-0.39, 0.29) is 17.0 Å². The molecule has 0 aliphatic heterocycles. The van der Waals surface area contributed by atoms with E-state index in [9.17, 15) is 8.78 Å². The minimum atomic E-state index is -0.619. The molecule has 1 N–H and O–H groups in total. The Labute approximate surface area is 181 Å². The lowest BCUT2D eigenvalue weighted by atomic mass is 9.76. The van der Waals surface area contributed by atoms with Gasteiger partial charge >= 0.3 is 0 Å². The summed E-state index contributed by atoms with van der Waals surface area (Å²) in [6.45, 7) is 13.2. The Morgan fingerprint density at radius 1 is 1.10 bits per heavy atom. The van der Waals surface area contributed by atoms with Crippen molar-refractivity contribution in [2.75, 3.05) is 0 Å². The van der Waals surface area contributed by atoms with Crippen LogP contribution in [0.4, 0.5) is 8.78 Å². The molecule has 0 radical (unpaired) electrons. The predicted octanol–water partition coefficient (Wildman–Crippen LogP) is 7.05. The fourth-order valence-electron chi connectivity index (χ4n) is 4.42. The van der Waals surface area contributed by atoms with Crippen LogP contribution in [-0.4, -0.2) is 19.5 Å². The van der Waals surface area contributed by atoms with Crippen molar-refractivity contribution in [2.24, 2.45) is 11.3 Å². The second-order valence-corrected chi connectivity index (χ2v) is 9.74. The van der Waals surface area contributed by atoms with Crippen molar-refractivity contribution in [1.29, 1.82) is 0 Å². The van der Waals surface area contributed by atoms with E-state index in [1.807, 2.05) is 6.20 Å². The quantitative estimate of drug-likeness (QED) is 0.373. The van der Waals surface area contributed by atoms with Gasteiger partial charge in [0, 0.05) is 40.8 Å². The van der Waals surface area contributed by atoms with Crippen molar-refractivity contribution in [2.45, 2.75) is 60.4 Å². The number of rotatable bonds is 5. The molecule has 0 bridgehead atoms. The topological polar surface area (TPSA) is 46.5 Å². The first-order chi connectivity index (χ1) is 14.6. The SMILES string of the molecule is CC[C@H](Cc1nc(-c2c[nH]c3c(F)cc(F)cc23)nc2c1ccn2C(C)C)C(C)(C)C. The van der Waals surface area contributed by atoms with Crippen LogP contribution >= 0.6 is 0 Å². The van der Waals surface area contributed by atoms with Gasteiger partial charge in [0.05, 0.1) is 11.2 Å². The van der Waals surface area contributed by atoms with Gasteiger partial charge in [-0.3, -0.25) is 0 Å². The Hall–Kier alpha value is -2.76. The number of aromatic amines is 1. The predicted molar refractivity (Wildman–Crippen MR) is 122 cm³/mol. The summed E-state index contributed by atoms with van der Waals surface area (Å²) in [6.07, 6.45) is 5.57. The second-order valence-electron chi connectivity index (χ2n) is 9.74. The van der Waals surface area contributed by atoms with E-state index in [1.54, 1.807) is 6.20 Å². The van der Waals surface area contributed by atoms with Crippen molar-refractivity contribution in [3.63, 3.8) is 0 Å². The average Bonchev–Trinajstić information content (AvgIpc) is 3.29. The highest BCUT2D eigenvalue weighted by atomic mass is 19.1. The molecule has 0 aliphatic carbocycles. The van der Waals surface area contributed by atoms with E-state index in [2.05, 4.69) is 57.2 Å². The largest absolute Gasteiger partial charge is 0.358 e. The maximum atomic E-state index is 14.3. The summed E-state index contributed by atoms with van der Waals surface area (Å²) in [7, 11) is 0. The smallest absolute Gasteiger partial charge is 0.163 e. The lowest BCUT2D eigenvalue weighted by Crippen LogP contribution is -2.22. The van der Waals surface area contributed by atoms with Crippen LogP contribution < -0.4 is 0 Å². The zero-order chi connectivity index (χ0) is 22.5. The van der Waals surface area contributed by atoms with Gasteiger partial charge in [-0.15, -0.1) is 0 Å². The Bertz CT molecular complexity index is 1240. The van der Waals surface area contributed by atoms with Crippen LogP contribution in [0, 0.1) is 23.0 Å². The maximum absolute atomic E-state index is 14.3. The van der Waals surface area contributed by atoms with Gasteiger partial charge < -0.3 is 9.55 Å². The molecule has 0 saturated carbocycles. The molecule has 0 unspecified atom stereocenters. The summed E-state index contributed by atoms with van der Waals surface area (Å²) in [4.78, 5) is 12.7. The highest BCUT2D eigenvalue weighted by Crippen LogP contribution is 2.35. The standard InChI is InChI=1S/C25H30F2N4/c1-7-15(25(4,5)6)10-21-17-8-9-31(14(2)3)24(17)30-23(29-21)19-13-28-22-18(19)11-16(26)12-20(22)27/h8-9,11-15,28H,7,10H2,1-6H3/t15-/m1/s1. The van der Waals surface area contributed by atoms with Gasteiger partial charge in [-0.1, -0.05) is 34.1 Å². The third-order valence-corrected chi connectivity index (χ3v) is 6.31. The van der Waals surface area contributed by atoms with Gasteiger partial charge in [-0.25, -0.2) is 18.7 Å². The summed E-state index contributed by atoms with van der Waals surface area (Å²) >= 11 is 0. The third kappa shape index (κ3) is 3.84. The van der Waals surface area contributed by atoms with E-state index in [4.69, 9.17) is 9.97 Å². The summed E-state index contributed by atoms with van der Waals surface area (Å²) in [5.74, 6) is -0.301. The Morgan fingerprint density at radius 2 is 1.84 bits per heavy atom. The number of benzene rings is 1. The molecular weight excluding hydrogens is 394 g/mol. The fraction of sp³-hybridized carbons (Fsp3) is 0.440. The van der Waals surface area contributed by atoms with Crippen molar-refractivity contribution in [1.82, 2.24) is 19.5 Å². The lowest BCUT2D eigenvalue weighted by molar-refractivity contribution is 0.230. The number of hydrogen-bond donors (Lipinski definition) is 1. The molecule has 0 spiro atoms. The number of fused-ring (bicyclic) bond motifs is 2. The van der Waals surface area contributed by atoms with Gasteiger partial charge in [-0.05, 0) is 43.7 Å². The normalized spacial score (nSPS) is 13.6. The Balaban J connectivity index is 1.96. The van der Waals surface area contributed by atoms with Crippen molar-refractivity contribution in [3.8, 4) is 11.4 Å². The van der Waals surface area contributed by atoms with E-state index >= 15 is 0 Å². The van der Waals surface area contributed by atoms with Gasteiger partial charge in [0.1, 0.15) is 17.3 Å². The molecule has 3 heterocycles. The molecule has 0 amide bonds. The zero-order valence-corrected chi connectivity index (χ0v) is 19.1. The Kier molecular flexibility index (Phi) is 5.36. The first-order valence-corrected chi connectivity index (χ1v) is 10.9. The molecule has 4 nitrogen and oxygen atoms in total. The van der Waals surface area contributed by atoms with Crippen LogP contribution in [0.1, 0.15) is 59.7 Å². The first kappa shape index (κ1) is 21.5. The Morgan fingerprint density at radius 3 is 2.48 bits per heavy atom. The van der Waals surface area contributed by atoms with Crippen LogP contribution in [0.2, 0.25) is 0 Å². The van der Waals surface area contributed by atoms with Gasteiger partial charge in [0.25, 0.3) is 0 Å². The van der Waals surface area contributed by atoms with Crippen LogP contribution in [0.3, 0.4) is 0 Å². The molecule has 4 rings (SSSR count). The molecule has 0 fully saturated rings. The number of nitrogens with zero attached hydrogens (tertiary/aromatic N) is 3. The van der Waals surface area contributed by atoms with Crippen LogP contribution in [0.5, 0.6) is 0 Å². The number of hydrogen-bond acceptors (Lipinski definition) is 2. The lowest BCUT2D eigenvalue weighted by Gasteiger charge is -2.29. The van der Waals surface area contributed by atoms with Crippen molar-refractivity contribution < 1.29 is 8.78 Å². The van der Waals surface area contributed by atoms with E-state index in [0.717, 1.165) is 35.6 Å². The van der Waals surface area contributed by atoms with Gasteiger partial charge in [-0.2, -0.15) is 0 Å². The second kappa shape index (κ2) is 7.74. The highest BCUT2D eigenvalue weighted by molar-refractivity contribution is 5.95. The number of nitrogens with one attached hydrogen (secondary N) is 1. The zero-order valence-electron chi connectivity index (χ0n) is 19.1. The van der Waals surface area contributed by atoms with Gasteiger partial charge in [0.2, 0.25) is 0 Å². The maximum Gasteiger partial charge on any atom is 0.163 e. The van der Waals surface area contributed by atoms with Crippen molar-refractivity contribution >= 4 is 21.9 Å². The summed E-state index contributed by atoms with van der Waals surface area (Å²) in [5, 5.41) is 1.49. The molecule has 3 aromatic heterocycles. The van der Waals surface area contributed by atoms with E-state index < -0.39 is 11.6 Å². The van der Waals surface area contributed by atoms with Crippen LogP contribution in [0.25, 0.3) is 33.3 Å². The highest BCUT2D eigenvalue weighted by Gasteiger charge is 2.26. The molecular formula is C25H30F2N4. The van der Waals surface area contributed by atoms with Crippen molar-refractivity contribution in [3.05, 3.63) is 47.9 Å². The minimum absolute atomic E-state index is 0.139. The molecule has 1 atom stereocenters. The third-order valence-electron chi connectivity index (χ3n) is 6.31. The molecule has 0 aliphatic rings. The monoisotopic (exact) mass is 424 g/mol. The fourth-order valence-corrected chi connectivity index (χ4v) is 4.42. The number of H-pyrrole nitrogens is 1. The molecule has 164 valence electrons. The molecule has 31 heavy (non-hydrogen) atoms. The molecule has 6 heteroatoms. The van der Waals surface area contributed by atoms with E-state index in [0.29, 0.717) is 22.7 Å². The first-order valence-electron chi connectivity index (χ1n) is 10.9. The summed E-state index contributed by atoms with van der Waals surface area (Å²) in [5.41, 5.74) is 2.84. The molecule has 4 aromatic rings. The van der Waals surface area contributed by atoms with Crippen LogP contribution in [-0.2, 0) is 6.42 Å². The molecule has 1 aromatic carbocycles. The summed E-state index contributed by atoms with van der Waals surface area (Å²) in [6, 6.07) is 4.54. The average molecular weight is 425 g/mol. The van der Waals surface area contributed by atoms with E-state index in [1.165, 1.54) is 6.07 Å². The van der Waals surface area contributed by atoms with Gasteiger partial charge in [0.15, 0.2) is 5.82 Å². The minimum Gasteiger partial charge on any atom is -0.358 e.